The third-order valence-electron chi connectivity index (χ3n) is 8.50. The number of ether oxygens (including phenoxy) is 2. The molecule has 0 aliphatic heterocycles. The molecule has 0 amide bonds. The van der Waals surface area contributed by atoms with Crippen molar-refractivity contribution in [2.75, 3.05) is 26.4 Å². The van der Waals surface area contributed by atoms with Gasteiger partial charge in [0.05, 0.1) is 13.2 Å². The highest BCUT2D eigenvalue weighted by Crippen LogP contribution is 2.43. The number of rotatable bonds is 38. The zero-order valence-electron chi connectivity index (χ0n) is 32.6. The normalized spacial score (nSPS) is 13.7. The third-order valence-corrected chi connectivity index (χ3v) is 9.48. The van der Waals surface area contributed by atoms with E-state index in [1.165, 1.54) is 83.5 Å². The van der Waals surface area contributed by atoms with Gasteiger partial charge in [-0.1, -0.05) is 140 Å². The fourth-order valence-corrected chi connectivity index (χ4v) is 6.17. The van der Waals surface area contributed by atoms with Crippen LogP contribution in [0.1, 0.15) is 181 Å². The van der Waals surface area contributed by atoms with Crippen molar-refractivity contribution in [2.24, 2.45) is 5.73 Å². The molecule has 10 heteroatoms. The van der Waals surface area contributed by atoms with Gasteiger partial charge in [-0.05, 0) is 64.2 Å². The number of phosphoric ester groups is 1. The topological polar surface area (TPSA) is 134 Å². The number of hydrogen-bond acceptors (Lipinski definition) is 8. The summed E-state index contributed by atoms with van der Waals surface area (Å²) < 4.78 is 32.7. The summed E-state index contributed by atoms with van der Waals surface area (Å²) in [6.07, 6.45) is 40.3. The van der Waals surface area contributed by atoms with Crippen LogP contribution in [0.25, 0.3) is 0 Å². The van der Waals surface area contributed by atoms with Crippen molar-refractivity contribution >= 4 is 19.8 Å². The van der Waals surface area contributed by atoms with E-state index in [-0.39, 0.29) is 38.6 Å². The molecule has 9 nitrogen and oxygen atoms in total. The zero-order chi connectivity index (χ0) is 37.5. The molecule has 0 aromatic rings. The fraction of sp³-hybridized carbons (Fsp3) is 0.805. The number of unbranched alkanes of at least 4 members (excludes halogenated alkanes) is 19. The Hall–Kier alpha value is -1.77. The number of esters is 2. The van der Waals surface area contributed by atoms with Crippen molar-refractivity contribution in [1.82, 2.24) is 0 Å². The first-order valence-corrected chi connectivity index (χ1v) is 22.0. The van der Waals surface area contributed by atoms with E-state index in [0.29, 0.717) is 6.42 Å². The Morgan fingerprint density at radius 1 is 0.588 bits per heavy atom. The molecule has 0 aromatic carbocycles. The molecule has 0 aliphatic rings. The molecule has 0 aromatic heterocycles. The smallest absolute Gasteiger partial charge is 0.462 e. The zero-order valence-corrected chi connectivity index (χ0v) is 33.5. The maximum atomic E-state index is 12.5. The van der Waals surface area contributed by atoms with Crippen molar-refractivity contribution in [2.45, 2.75) is 187 Å². The van der Waals surface area contributed by atoms with Gasteiger partial charge in [0, 0.05) is 19.4 Å². The van der Waals surface area contributed by atoms with Crippen LogP contribution in [0.2, 0.25) is 0 Å². The molecule has 0 spiro atoms. The van der Waals surface area contributed by atoms with Gasteiger partial charge < -0.3 is 20.1 Å². The summed E-state index contributed by atoms with van der Waals surface area (Å²) in [7, 11) is -4.37. The molecule has 0 saturated heterocycles. The van der Waals surface area contributed by atoms with E-state index in [1.807, 2.05) is 0 Å². The maximum absolute atomic E-state index is 12.5. The van der Waals surface area contributed by atoms with Gasteiger partial charge in [0.15, 0.2) is 6.10 Å². The second-order valence-electron chi connectivity index (χ2n) is 13.5. The average molecular weight is 742 g/mol. The molecule has 0 aliphatic carbocycles. The first kappa shape index (κ1) is 49.2. The standard InChI is InChI=1S/C41H76NO8P/c1-3-5-7-9-11-13-15-16-17-18-19-20-21-22-24-25-27-29-31-33-40(43)47-37-39(38-49-51(45,46)48-36-35-42)50-41(44)34-32-30-28-26-23-14-12-10-8-6-4-2/h10-13,16-17,39H,3-9,14-15,18-38,42H2,1-2H3,(H,45,46)/b12-10+,13-11+,17-16+/t39-/m0/s1. The summed E-state index contributed by atoms with van der Waals surface area (Å²) in [4.78, 5) is 34.7. The lowest BCUT2D eigenvalue weighted by molar-refractivity contribution is -0.161. The van der Waals surface area contributed by atoms with Gasteiger partial charge in [0.1, 0.15) is 6.61 Å². The number of carbonyl (C=O) groups is 2. The number of nitrogens with two attached hydrogens (primary N) is 1. The third kappa shape index (κ3) is 37.8. The van der Waals surface area contributed by atoms with E-state index < -0.39 is 26.5 Å². The Morgan fingerprint density at radius 3 is 1.57 bits per heavy atom. The van der Waals surface area contributed by atoms with E-state index in [4.69, 9.17) is 24.3 Å². The molecule has 0 fully saturated rings. The first-order chi connectivity index (χ1) is 24.8. The second-order valence-corrected chi connectivity index (χ2v) is 14.9. The summed E-state index contributed by atoms with van der Waals surface area (Å²) in [5.41, 5.74) is 5.33. The van der Waals surface area contributed by atoms with Crippen molar-refractivity contribution in [3.05, 3.63) is 36.5 Å². The van der Waals surface area contributed by atoms with E-state index in [2.05, 4.69) is 50.3 Å². The predicted octanol–water partition coefficient (Wildman–Crippen LogP) is 11.4. The monoisotopic (exact) mass is 742 g/mol. The summed E-state index contributed by atoms with van der Waals surface area (Å²) >= 11 is 0. The Morgan fingerprint density at radius 2 is 1.04 bits per heavy atom. The molecule has 2 atom stereocenters. The SMILES string of the molecule is CCCC/C=C/CCCCCCCC(=O)O[C@@H](COC(=O)CCCCCCCCCCC/C=C/C/C=C/CCCCC)COP(=O)(O)OCCN. The number of allylic oxidation sites excluding steroid dienone is 6. The van der Waals surface area contributed by atoms with Crippen LogP contribution in [-0.4, -0.2) is 49.3 Å². The summed E-state index contributed by atoms with van der Waals surface area (Å²) in [6, 6.07) is 0. The van der Waals surface area contributed by atoms with Crippen LogP contribution in [-0.2, 0) is 32.7 Å². The summed E-state index contributed by atoms with van der Waals surface area (Å²) in [5.74, 6) is -0.845. The number of carbonyl (C=O) groups excluding carboxylic acids is 2. The lowest BCUT2D eigenvalue weighted by Crippen LogP contribution is -2.29. The van der Waals surface area contributed by atoms with E-state index in [1.54, 1.807) is 0 Å². The van der Waals surface area contributed by atoms with Gasteiger partial charge in [-0.3, -0.25) is 18.6 Å². The van der Waals surface area contributed by atoms with Crippen LogP contribution in [0, 0.1) is 0 Å². The van der Waals surface area contributed by atoms with Crippen molar-refractivity contribution in [3.8, 4) is 0 Å². The Balaban J connectivity index is 4.13. The van der Waals surface area contributed by atoms with Gasteiger partial charge in [0.25, 0.3) is 0 Å². The highest BCUT2D eigenvalue weighted by molar-refractivity contribution is 7.47. The Labute approximate surface area is 312 Å². The fourth-order valence-electron chi connectivity index (χ4n) is 5.41. The van der Waals surface area contributed by atoms with E-state index in [0.717, 1.165) is 64.2 Å². The minimum atomic E-state index is -4.37. The largest absolute Gasteiger partial charge is 0.472 e. The molecule has 51 heavy (non-hydrogen) atoms. The highest BCUT2D eigenvalue weighted by Gasteiger charge is 2.26. The lowest BCUT2D eigenvalue weighted by Gasteiger charge is -2.19. The molecule has 0 radical (unpaired) electrons. The van der Waals surface area contributed by atoms with Gasteiger partial charge in [-0.25, -0.2) is 4.57 Å². The Kier molecular flexibility index (Phi) is 36.7. The van der Waals surface area contributed by atoms with Crippen molar-refractivity contribution in [1.29, 1.82) is 0 Å². The van der Waals surface area contributed by atoms with E-state index >= 15 is 0 Å². The lowest BCUT2D eigenvalue weighted by atomic mass is 10.1. The molecule has 3 N–H and O–H groups in total. The summed E-state index contributed by atoms with van der Waals surface area (Å²) in [5, 5.41) is 0. The van der Waals surface area contributed by atoms with Crippen LogP contribution in [0.15, 0.2) is 36.5 Å². The molecular formula is C41H76NO8P. The minimum Gasteiger partial charge on any atom is -0.462 e. The maximum Gasteiger partial charge on any atom is 0.472 e. The predicted molar refractivity (Wildman–Crippen MR) is 210 cm³/mol. The van der Waals surface area contributed by atoms with Gasteiger partial charge in [-0.15, -0.1) is 0 Å². The van der Waals surface area contributed by atoms with Gasteiger partial charge in [0.2, 0.25) is 0 Å². The Bertz CT molecular complexity index is 939. The van der Waals surface area contributed by atoms with E-state index in [9.17, 15) is 19.0 Å². The van der Waals surface area contributed by atoms with Crippen LogP contribution in [0.3, 0.4) is 0 Å². The van der Waals surface area contributed by atoms with Gasteiger partial charge in [-0.2, -0.15) is 0 Å². The first-order valence-electron chi connectivity index (χ1n) is 20.5. The molecule has 0 heterocycles. The number of phosphoric acid groups is 1. The molecule has 0 saturated carbocycles. The molecule has 1 unspecified atom stereocenters. The van der Waals surface area contributed by atoms with Crippen LogP contribution < -0.4 is 5.73 Å². The van der Waals surface area contributed by atoms with Crippen molar-refractivity contribution < 1.29 is 37.6 Å². The second kappa shape index (κ2) is 38.0. The summed E-state index contributed by atoms with van der Waals surface area (Å²) in [6.45, 7) is 3.65. The minimum absolute atomic E-state index is 0.0511. The van der Waals surface area contributed by atoms with Gasteiger partial charge >= 0.3 is 19.8 Å². The average Bonchev–Trinajstić information content (AvgIpc) is 3.11. The van der Waals surface area contributed by atoms with Crippen LogP contribution in [0.5, 0.6) is 0 Å². The van der Waals surface area contributed by atoms with Crippen molar-refractivity contribution in [3.63, 3.8) is 0 Å². The quantitative estimate of drug-likeness (QED) is 0.0274. The molecule has 0 rings (SSSR count). The number of hydrogen-bond donors (Lipinski definition) is 2. The highest BCUT2D eigenvalue weighted by atomic mass is 31.2. The van der Waals surface area contributed by atoms with Crippen LogP contribution in [0.4, 0.5) is 0 Å². The molecular weight excluding hydrogens is 665 g/mol. The molecule has 0 bridgehead atoms. The molecule has 298 valence electrons. The van der Waals surface area contributed by atoms with Crippen LogP contribution >= 0.6 is 7.82 Å².